The molecule has 0 aliphatic heterocycles. The molecular weight excluding hydrogens is 472 g/mol. The first-order valence-corrected chi connectivity index (χ1v) is 11.7. The summed E-state index contributed by atoms with van der Waals surface area (Å²) in [4.78, 5) is 38.2. The fourth-order valence-electron chi connectivity index (χ4n) is 2.34. The SMILES string of the molecule is CCCCSc1nnc(-c2ccc(NC(=O)CCC(N)C(=O)O)cc2/N=N/OCC(=O)O)s1. The van der Waals surface area contributed by atoms with Gasteiger partial charge in [-0.15, -0.1) is 15.3 Å². The molecule has 33 heavy (non-hydrogen) atoms. The second kappa shape index (κ2) is 13.4. The quantitative estimate of drug-likeness (QED) is 0.131. The van der Waals surface area contributed by atoms with E-state index in [4.69, 9.17) is 15.9 Å². The predicted molar refractivity (Wildman–Crippen MR) is 123 cm³/mol. The summed E-state index contributed by atoms with van der Waals surface area (Å²) in [7, 11) is 0. The molecule has 0 fully saturated rings. The van der Waals surface area contributed by atoms with Crippen LogP contribution in [0.5, 0.6) is 0 Å². The van der Waals surface area contributed by atoms with Crippen LogP contribution in [0.3, 0.4) is 0 Å². The van der Waals surface area contributed by atoms with Gasteiger partial charge in [-0.1, -0.05) is 36.4 Å². The highest BCUT2D eigenvalue weighted by Gasteiger charge is 2.16. The molecule has 5 N–H and O–H groups in total. The minimum absolute atomic E-state index is 0.0158. The number of carboxylic acid groups (broad SMARTS) is 2. The van der Waals surface area contributed by atoms with Gasteiger partial charge in [0, 0.05) is 28.7 Å². The van der Waals surface area contributed by atoms with Crippen molar-refractivity contribution >= 4 is 52.3 Å². The number of benzene rings is 1. The van der Waals surface area contributed by atoms with Crippen LogP contribution in [0.2, 0.25) is 0 Å². The van der Waals surface area contributed by atoms with Gasteiger partial charge in [0.25, 0.3) is 0 Å². The molecule has 2 aromatic rings. The lowest BCUT2D eigenvalue weighted by molar-refractivity contribution is -0.142. The van der Waals surface area contributed by atoms with Crippen LogP contribution in [0.4, 0.5) is 11.4 Å². The predicted octanol–water partition coefficient (Wildman–Crippen LogP) is 3.33. The second-order valence-corrected chi connectivity index (χ2v) is 9.01. The molecule has 12 nitrogen and oxygen atoms in total. The number of hydrogen-bond donors (Lipinski definition) is 4. The smallest absolute Gasteiger partial charge is 0.344 e. The highest BCUT2D eigenvalue weighted by molar-refractivity contribution is 8.01. The number of nitrogens with zero attached hydrogens (tertiary/aromatic N) is 4. The molecule has 14 heteroatoms. The Kier molecular flexibility index (Phi) is 10.7. The van der Waals surface area contributed by atoms with Crippen molar-refractivity contribution in [3.05, 3.63) is 18.2 Å². The summed E-state index contributed by atoms with van der Waals surface area (Å²) < 4.78 is 0.801. The van der Waals surface area contributed by atoms with Gasteiger partial charge in [0.05, 0.1) is 0 Å². The highest BCUT2D eigenvalue weighted by Crippen LogP contribution is 2.37. The number of carboxylic acids is 2. The van der Waals surface area contributed by atoms with Gasteiger partial charge in [-0.05, 0) is 31.0 Å². The fourth-order valence-corrected chi connectivity index (χ4v) is 4.38. The first kappa shape index (κ1) is 26.2. The topological polar surface area (TPSA) is 189 Å². The molecule has 178 valence electrons. The molecule has 1 atom stereocenters. The lowest BCUT2D eigenvalue weighted by Crippen LogP contribution is -2.31. The minimum Gasteiger partial charge on any atom is -0.480 e. The zero-order valence-electron chi connectivity index (χ0n) is 17.8. The molecule has 1 unspecified atom stereocenters. The molecule has 0 aliphatic rings. The van der Waals surface area contributed by atoms with Crippen molar-refractivity contribution in [2.75, 3.05) is 17.7 Å². The average molecular weight is 497 g/mol. The number of nitrogens with one attached hydrogen (secondary N) is 1. The van der Waals surface area contributed by atoms with Crippen LogP contribution in [0.15, 0.2) is 32.9 Å². The number of thioether (sulfide) groups is 1. The number of hydrogen-bond acceptors (Lipinski definition) is 11. The van der Waals surface area contributed by atoms with Crippen molar-refractivity contribution in [2.24, 2.45) is 16.1 Å². The number of rotatable bonds is 14. The molecular formula is C19H24N6O6S2. The van der Waals surface area contributed by atoms with E-state index >= 15 is 0 Å². The van der Waals surface area contributed by atoms with Gasteiger partial charge >= 0.3 is 11.9 Å². The third kappa shape index (κ3) is 9.11. The molecule has 1 heterocycles. The van der Waals surface area contributed by atoms with E-state index in [0.717, 1.165) is 22.9 Å². The van der Waals surface area contributed by atoms with E-state index in [1.807, 2.05) is 0 Å². The number of amides is 1. The van der Waals surface area contributed by atoms with Gasteiger partial charge < -0.3 is 26.1 Å². The fraction of sp³-hybridized carbons (Fsp3) is 0.421. The molecule has 0 bridgehead atoms. The van der Waals surface area contributed by atoms with Crippen molar-refractivity contribution in [3.63, 3.8) is 0 Å². The standard InChI is InChI=1S/C19H24N6O6S2/c1-2-3-8-32-19-24-23-17(33-19)12-5-4-11(9-14(12)22-25-31-10-16(27)28)21-15(26)7-6-13(20)18(29)30/h4-5,9,13H,2-3,6-8,10,20H2,1H3,(H,21,26)(H,27,28)(H,29,30)/b25-22+. The number of nitrogens with two attached hydrogens (primary N) is 1. The minimum atomic E-state index is -1.20. The van der Waals surface area contributed by atoms with Crippen molar-refractivity contribution in [1.82, 2.24) is 10.2 Å². The Hall–Kier alpha value is -3.10. The largest absolute Gasteiger partial charge is 0.480 e. The summed E-state index contributed by atoms with van der Waals surface area (Å²) in [5.74, 6) is -1.87. The van der Waals surface area contributed by atoms with Crippen LogP contribution in [0.25, 0.3) is 10.6 Å². The van der Waals surface area contributed by atoms with E-state index in [0.29, 0.717) is 16.3 Å². The molecule has 1 aromatic carbocycles. The number of aliphatic carboxylic acids is 2. The number of carbonyl (C=O) groups is 3. The van der Waals surface area contributed by atoms with Crippen LogP contribution in [0.1, 0.15) is 32.6 Å². The first-order valence-electron chi connectivity index (χ1n) is 9.94. The van der Waals surface area contributed by atoms with Gasteiger partial charge in [0.2, 0.25) is 12.5 Å². The summed E-state index contributed by atoms with van der Waals surface area (Å²) in [6, 6.07) is 3.69. The van der Waals surface area contributed by atoms with Gasteiger partial charge in [-0.3, -0.25) is 9.59 Å². The van der Waals surface area contributed by atoms with E-state index < -0.39 is 30.5 Å². The summed E-state index contributed by atoms with van der Waals surface area (Å²) in [5.41, 5.74) is 6.65. The van der Waals surface area contributed by atoms with E-state index in [2.05, 4.69) is 37.7 Å². The van der Waals surface area contributed by atoms with Gasteiger partial charge in [0.1, 0.15) is 11.7 Å². The Morgan fingerprint density at radius 2 is 2.09 bits per heavy atom. The monoisotopic (exact) mass is 496 g/mol. The van der Waals surface area contributed by atoms with Gasteiger partial charge in [-0.2, -0.15) is 0 Å². The summed E-state index contributed by atoms with van der Waals surface area (Å²) in [6.45, 7) is 1.45. The van der Waals surface area contributed by atoms with E-state index in [9.17, 15) is 14.4 Å². The highest BCUT2D eigenvalue weighted by atomic mass is 32.2. The maximum absolute atomic E-state index is 12.1. The molecule has 0 aliphatic carbocycles. The summed E-state index contributed by atoms with van der Waals surface area (Å²) >= 11 is 2.98. The average Bonchev–Trinajstić information content (AvgIpc) is 3.24. The van der Waals surface area contributed by atoms with Crippen molar-refractivity contribution < 1.29 is 29.4 Å². The van der Waals surface area contributed by atoms with Crippen molar-refractivity contribution in [2.45, 2.75) is 43.0 Å². The summed E-state index contributed by atoms with van der Waals surface area (Å²) in [5, 5.41) is 36.4. The maximum Gasteiger partial charge on any atom is 0.344 e. The van der Waals surface area contributed by atoms with Crippen LogP contribution in [-0.4, -0.2) is 56.7 Å². The number of aromatic nitrogens is 2. The van der Waals surface area contributed by atoms with Crippen LogP contribution >= 0.6 is 23.1 Å². The Morgan fingerprint density at radius 1 is 1.30 bits per heavy atom. The van der Waals surface area contributed by atoms with E-state index in [1.165, 1.54) is 17.4 Å². The van der Waals surface area contributed by atoms with Gasteiger partial charge in [0.15, 0.2) is 9.35 Å². The summed E-state index contributed by atoms with van der Waals surface area (Å²) in [6.07, 6.45) is 2.04. The molecule has 0 saturated carbocycles. The van der Waals surface area contributed by atoms with E-state index in [-0.39, 0.29) is 18.5 Å². The zero-order valence-corrected chi connectivity index (χ0v) is 19.4. The Balaban J connectivity index is 2.18. The second-order valence-electron chi connectivity index (χ2n) is 6.69. The molecule has 1 aromatic heterocycles. The Morgan fingerprint density at radius 3 is 2.79 bits per heavy atom. The van der Waals surface area contributed by atoms with Crippen molar-refractivity contribution in [1.29, 1.82) is 0 Å². The van der Waals surface area contributed by atoms with E-state index in [1.54, 1.807) is 23.9 Å². The van der Waals surface area contributed by atoms with Crippen LogP contribution < -0.4 is 11.1 Å². The molecule has 0 saturated heterocycles. The van der Waals surface area contributed by atoms with Crippen molar-refractivity contribution in [3.8, 4) is 10.6 Å². The Bertz CT molecular complexity index is 999. The van der Waals surface area contributed by atoms with Crippen LogP contribution in [-0.2, 0) is 19.2 Å². The number of carbonyl (C=O) groups excluding carboxylic acids is 1. The van der Waals surface area contributed by atoms with Crippen LogP contribution in [0, 0.1) is 0 Å². The third-order valence-electron chi connectivity index (χ3n) is 4.04. The molecule has 0 radical (unpaired) electrons. The number of anilines is 1. The normalized spacial score (nSPS) is 11.9. The van der Waals surface area contributed by atoms with Gasteiger partial charge in [-0.25, -0.2) is 4.79 Å². The lowest BCUT2D eigenvalue weighted by Gasteiger charge is -2.09. The maximum atomic E-state index is 12.1. The Labute approximate surface area is 197 Å². The molecule has 1 amide bonds. The zero-order chi connectivity index (χ0) is 24.2. The number of unbranched alkanes of at least 4 members (excludes halogenated alkanes) is 1. The third-order valence-corrected chi connectivity index (χ3v) is 6.21. The molecule has 0 spiro atoms. The lowest BCUT2D eigenvalue weighted by atomic mass is 10.1. The molecule has 2 rings (SSSR count). The first-order chi connectivity index (χ1) is 15.8.